The van der Waals surface area contributed by atoms with Crippen LogP contribution in [-0.2, 0) is 4.84 Å². The molecule has 0 aromatic carbocycles. The van der Waals surface area contributed by atoms with Crippen molar-refractivity contribution in [1.29, 1.82) is 0 Å². The van der Waals surface area contributed by atoms with Crippen LogP contribution in [0.15, 0.2) is 5.16 Å². The average Bonchev–Trinajstić information content (AvgIpc) is 2.41. The minimum absolute atomic E-state index is 0.938. The maximum atomic E-state index is 4.54. The molecule has 0 aliphatic carbocycles. The average molecular weight is 142 g/mol. The van der Waals surface area contributed by atoms with Crippen LogP contribution >= 0.6 is 0 Å². The highest BCUT2D eigenvalue weighted by Crippen LogP contribution is 2.04. The first kappa shape index (κ1) is 7.54. The van der Waals surface area contributed by atoms with Crippen molar-refractivity contribution in [3.8, 4) is 0 Å². The van der Waals surface area contributed by atoms with E-state index in [0.717, 1.165) is 6.54 Å². The Morgan fingerprint density at radius 3 is 2.80 bits per heavy atom. The summed E-state index contributed by atoms with van der Waals surface area (Å²) < 4.78 is 0. The fraction of sp³-hybridized carbons (Fsp3) is 0.857. The van der Waals surface area contributed by atoms with Crippen molar-refractivity contribution in [2.45, 2.75) is 12.8 Å². The number of rotatable bonds is 3. The largest absolute Gasteiger partial charge is 0.399 e. The molecule has 1 heterocycles. The van der Waals surface area contributed by atoms with Gasteiger partial charge in [-0.25, -0.2) is 0 Å². The van der Waals surface area contributed by atoms with E-state index in [1.807, 2.05) is 6.21 Å². The van der Waals surface area contributed by atoms with Crippen molar-refractivity contribution in [2.24, 2.45) is 5.16 Å². The molecule has 1 rings (SSSR count). The predicted octanol–water partition coefficient (Wildman–Crippen LogP) is 0.714. The first-order chi connectivity index (χ1) is 4.93. The third kappa shape index (κ3) is 2.35. The first-order valence-electron chi connectivity index (χ1n) is 3.71. The van der Waals surface area contributed by atoms with Gasteiger partial charge < -0.3 is 4.84 Å². The lowest BCUT2D eigenvalue weighted by molar-refractivity contribution is 0.213. The predicted molar refractivity (Wildman–Crippen MR) is 41.2 cm³/mol. The van der Waals surface area contributed by atoms with E-state index in [1.165, 1.54) is 25.9 Å². The summed E-state index contributed by atoms with van der Waals surface area (Å²) in [5.74, 6) is 0. The zero-order chi connectivity index (χ0) is 7.23. The van der Waals surface area contributed by atoms with Crippen LogP contribution in [0.3, 0.4) is 0 Å². The zero-order valence-electron chi connectivity index (χ0n) is 6.42. The smallest absolute Gasteiger partial charge is 0.106 e. The molecule has 1 fully saturated rings. The molecular formula is C7H14N2O. The summed E-state index contributed by atoms with van der Waals surface area (Å²) in [5, 5.41) is 3.67. The monoisotopic (exact) mass is 142 g/mol. The SMILES string of the molecule is CON=CCN1CCCC1. The summed E-state index contributed by atoms with van der Waals surface area (Å²) in [6, 6.07) is 0. The van der Waals surface area contributed by atoms with Crippen LogP contribution in [0.1, 0.15) is 12.8 Å². The second-order valence-electron chi connectivity index (χ2n) is 2.48. The standard InChI is InChI=1S/C7H14N2O/c1-10-8-4-7-9-5-2-3-6-9/h4H,2-3,5-7H2,1H3. The summed E-state index contributed by atoms with van der Waals surface area (Å²) >= 11 is 0. The molecule has 0 radical (unpaired) electrons. The van der Waals surface area contributed by atoms with Gasteiger partial charge in [-0.2, -0.15) is 0 Å². The molecule has 0 saturated carbocycles. The Bertz CT molecular complexity index is 108. The van der Waals surface area contributed by atoms with E-state index >= 15 is 0 Å². The summed E-state index contributed by atoms with van der Waals surface area (Å²) in [5.41, 5.74) is 0. The number of oxime groups is 1. The van der Waals surface area contributed by atoms with E-state index in [9.17, 15) is 0 Å². The molecule has 1 aliphatic rings. The third-order valence-electron chi connectivity index (χ3n) is 1.72. The van der Waals surface area contributed by atoms with Gasteiger partial charge in [-0.15, -0.1) is 0 Å². The van der Waals surface area contributed by atoms with Gasteiger partial charge in [0.05, 0.1) is 6.21 Å². The Hall–Kier alpha value is -0.570. The Kier molecular flexibility index (Phi) is 3.22. The third-order valence-corrected chi connectivity index (χ3v) is 1.72. The maximum absolute atomic E-state index is 4.54. The quantitative estimate of drug-likeness (QED) is 0.428. The van der Waals surface area contributed by atoms with Crippen LogP contribution in [0.5, 0.6) is 0 Å². The molecule has 0 spiro atoms. The van der Waals surface area contributed by atoms with Gasteiger partial charge in [-0.3, -0.25) is 4.90 Å². The lowest BCUT2D eigenvalue weighted by atomic mass is 10.4. The summed E-state index contributed by atoms with van der Waals surface area (Å²) in [6.07, 6.45) is 4.48. The summed E-state index contributed by atoms with van der Waals surface area (Å²) in [4.78, 5) is 6.91. The zero-order valence-corrected chi connectivity index (χ0v) is 6.42. The van der Waals surface area contributed by atoms with Crippen LogP contribution in [0.4, 0.5) is 0 Å². The van der Waals surface area contributed by atoms with Crippen LogP contribution in [-0.4, -0.2) is 37.9 Å². The van der Waals surface area contributed by atoms with Gasteiger partial charge in [0, 0.05) is 6.54 Å². The fourth-order valence-corrected chi connectivity index (χ4v) is 1.19. The first-order valence-corrected chi connectivity index (χ1v) is 3.71. The Morgan fingerprint density at radius 2 is 2.20 bits per heavy atom. The van der Waals surface area contributed by atoms with E-state index in [1.54, 1.807) is 7.11 Å². The number of nitrogens with zero attached hydrogens (tertiary/aromatic N) is 2. The van der Waals surface area contributed by atoms with Crippen molar-refractivity contribution in [2.75, 3.05) is 26.7 Å². The van der Waals surface area contributed by atoms with Gasteiger partial charge in [-0.05, 0) is 25.9 Å². The van der Waals surface area contributed by atoms with Crippen molar-refractivity contribution in [3.05, 3.63) is 0 Å². The maximum Gasteiger partial charge on any atom is 0.106 e. The van der Waals surface area contributed by atoms with Crippen molar-refractivity contribution < 1.29 is 4.84 Å². The van der Waals surface area contributed by atoms with Crippen molar-refractivity contribution in [1.82, 2.24) is 4.90 Å². The highest BCUT2D eigenvalue weighted by molar-refractivity contribution is 5.58. The van der Waals surface area contributed by atoms with E-state index in [0.29, 0.717) is 0 Å². The van der Waals surface area contributed by atoms with Gasteiger partial charge >= 0.3 is 0 Å². The molecule has 1 aliphatic heterocycles. The van der Waals surface area contributed by atoms with Gasteiger partial charge in [0.25, 0.3) is 0 Å². The molecule has 3 heteroatoms. The minimum atomic E-state index is 0.938. The topological polar surface area (TPSA) is 24.8 Å². The fourth-order valence-electron chi connectivity index (χ4n) is 1.19. The summed E-state index contributed by atoms with van der Waals surface area (Å²) in [7, 11) is 1.57. The van der Waals surface area contributed by atoms with Crippen molar-refractivity contribution in [3.63, 3.8) is 0 Å². The highest BCUT2D eigenvalue weighted by atomic mass is 16.6. The van der Waals surface area contributed by atoms with Gasteiger partial charge in [0.15, 0.2) is 0 Å². The molecule has 0 amide bonds. The van der Waals surface area contributed by atoms with E-state index < -0.39 is 0 Å². The van der Waals surface area contributed by atoms with E-state index in [-0.39, 0.29) is 0 Å². The molecule has 10 heavy (non-hydrogen) atoms. The van der Waals surface area contributed by atoms with Crippen LogP contribution in [0.25, 0.3) is 0 Å². The molecule has 0 aromatic heterocycles. The van der Waals surface area contributed by atoms with Gasteiger partial charge in [-0.1, -0.05) is 5.16 Å². The van der Waals surface area contributed by atoms with E-state index in [4.69, 9.17) is 0 Å². The Balaban J connectivity index is 2.06. The highest BCUT2D eigenvalue weighted by Gasteiger charge is 2.08. The molecule has 0 bridgehead atoms. The Morgan fingerprint density at radius 1 is 1.50 bits per heavy atom. The molecule has 0 atom stereocenters. The molecule has 0 aromatic rings. The number of hydrogen-bond acceptors (Lipinski definition) is 3. The Labute approximate surface area is 61.6 Å². The second kappa shape index (κ2) is 4.28. The second-order valence-corrected chi connectivity index (χ2v) is 2.48. The molecule has 3 nitrogen and oxygen atoms in total. The normalized spacial score (nSPS) is 20.5. The van der Waals surface area contributed by atoms with Crippen molar-refractivity contribution >= 4 is 6.21 Å². The lowest BCUT2D eigenvalue weighted by Gasteiger charge is -2.08. The lowest BCUT2D eigenvalue weighted by Crippen LogP contribution is -2.21. The number of likely N-dealkylation sites (tertiary alicyclic amines) is 1. The molecule has 1 saturated heterocycles. The molecular weight excluding hydrogens is 128 g/mol. The van der Waals surface area contributed by atoms with E-state index in [2.05, 4.69) is 14.9 Å². The molecule has 0 unspecified atom stereocenters. The number of hydrogen-bond donors (Lipinski definition) is 0. The molecule has 0 N–H and O–H groups in total. The summed E-state index contributed by atoms with van der Waals surface area (Å²) in [6.45, 7) is 3.37. The molecule has 58 valence electrons. The van der Waals surface area contributed by atoms with Gasteiger partial charge in [0.1, 0.15) is 7.11 Å². The minimum Gasteiger partial charge on any atom is -0.399 e. The van der Waals surface area contributed by atoms with Crippen LogP contribution in [0.2, 0.25) is 0 Å². The van der Waals surface area contributed by atoms with Gasteiger partial charge in [0.2, 0.25) is 0 Å². The van der Waals surface area contributed by atoms with Crippen LogP contribution in [0, 0.1) is 0 Å². The van der Waals surface area contributed by atoms with Crippen LogP contribution < -0.4 is 0 Å².